The predicted molar refractivity (Wildman–Crippen MR) is 72.0 cm³/mol. The minimum Gasteiger partial charge on any atom is -0.479 e. The van der Waals surface area contributed by atoms with E-state index in [1.165, 1.54) is 5.56 Å². The summed E-state index contributed by atoms with van der Waals surface area (Å²) in [6.45, 7) is 2.74. The summed E-state index contributed by atoms with van der Waals surface area (Å²) in [5.74, 6) is 0.748. The van der Waals surface area contributed by atoms with E-state index in [9.17, 15) is 4.79 Å². The third kappa shape index (κ3) is 2.58. The first-order chi connectivity index (χ1) is 8.59. The molecule has 18 heavy (non-hydrogen) atoms. The van der Waals surface area contributed by atoms with Gasteiger partial charge in [-0.15, -0.1) is 0 Å². The molecule has 0 saturated heterocycles. The van der Waals surface area contributed by atoms with Crippen LogP contribution in [0.5, 0.6) is 5.75 Å². The van der Waals surface area contributed by atoms with E-state index < -0.39 is 6.10 Å². The highest BCUT2D eigenvalue weighted by Gasteiger charge is 2.20. The van der Waals surface area contributed by atoms with Crippen molar-refractivity contribution < 1.29 is 9.53 Å². The van der Waals surface area contributed by atoms with Gasteiger partial charge in [0.1, 0.15) is 5.75 Å². The van der Waals surface area contributed by atoms with Crippen molar-refractivity contribution in [1.29, 1.82) is 0 Å². The van der Waals surface area contributed by atoms with Gasteiger partial charge in [-0.05, 0) is 31.4 Å². The van der Waals surface area contributed by atoms with Gasteiger partial charge in [0.15, 0.2) is 6.10 Å². The van der Waals surface area contributed by atoms with Crippen molar-refractivity contribution in [3.8, 4) is 5.75 Å². The average molecular weight is 248 g/mol. The maximum absolute atomic E-state index is 11.8. The Balaban J connectivity index is 2.17. The zero-order chi connectivity index (χ0) is 13.1. The molecule has 1 aliphatic rings. The Morgan fingerprint density at radius 3 is 2.94 bits per heavy atom. The van der Waals surface area contributed by atoms with Gasteiger partial charge >= 0.3 is 0 Å². The van der Waals surface area contributed by atoms with Crippen LogP contribution in [0.2, 0.25) is 0 Å². The molecule has 0 fully saturated rings. The van der Waals surface area contributed by atoms with Crippen molar-refractivity contribution in [2.24, 2.45) is 0 Å². The molecule has 0 saturated carbocycles. The topological polar surface area (TPSA) is 41.6 Å². The Morgan fingerprint density at radius 2 is 2.22 bits per heavy atom. The van der Waals surface area contributed by atoms with Crippen LogP contribution in [0, 0.1) is 0 Å². The van der Waals surface area contributed by atoms with Crippen molar-refractivity contribution in [3.05, 3.63) is 23.8 Å². The number of benzene rings is 1. The van der Waals surface area contributed by atoms with Gasteiger partial charge in [-0.25, -0.2) is 0 Å². The number of para-hydroxylation sites is 1. The number of hydrogen-bond acceptors (Lipinski definition) is 3. The van der Waals surface area contributed by atoms with Gasteiger partial charge < -0.3 is 15.0 Å². The largest absolute Gasteiger partial charge is 0.479 e. The summed E-state index contributed by atoms with van der Waals surface area (Å²) in [6, 6.07) is 6.00. The molecule has 1 N–H and O–H groups in total. The molecule has 1 atom stereocenters. The number of carbonyl (C=O) groups is 1. The second-order valence-corrected chi connectivity index (χ2v) is 4.81. The number of hydrogen-bond donors (Lipinski definition) is 1. The summed E-state index contributed by atoms with van der Waals surface area (Å²) in [7, 11) is 3.47. The number of fused-ring (bicyclic) bond motifs is 1. The number of amides is 1. The highest BCUT2D eigenvalue weighted by atomic mass is 16.5. The highest BCUT2D eigenvalue weighted by molar-refractivity contribution is 5.80. The smallest absolute Gasteiger partial charge is 0.262 e. The molecule has 2 rings (SSSR count). The van der Waals surface area contributed by atoms with Crippen molar-refractivity contribution in [2.45, 2.75) is 25.9 Å². The number of rotatable bonds is 3. The standard InChI is InChI=1S/C14H20N2O2/c1-10(14(17)16(2)3)18-12-8-4-6-11-7-5-9-15-13(11)12/h4,6,8,10,15H,5,7,9H2,1-3H3. The van der Waals surface area contributed by atoms with Gasteiger partial charge in [0.25, 0.3) is 5.91 Å². The summed E-state index contributed by atoms with van der Waals surface area (Å²) in [5.41, 5.74) is 2.31. The van der Waals surface area contributed by atoms with Gasteiger partial charge in [0, 0.05) is 20.6 Å². The van der Waals surface area contributed by atoms with Gasteiger partial charge in [0.05, 0.1) is 5.69 Å². The van der Waals surface area contributed by atoms with Crippen LogP contribution in [0.4, 0.5) is 5.69 Å². The van der Waals surface area contributed by atoms with E-state index in [2.05, 4.69) is 11.4 Å². The quantitative estimate of drug-likeness (QED) is 0.888. The molecule has 0 bridgehead atoms. The number of aryl methyl sites for hydroxylation is 1. The predicted octanol–water partition coefficient (Wildman–Crippen LogP) is 1.90. The van der Waals surface area contributed by atoms with Crippen LogP contribution in [-0.4, -0.2) is 37.6 Å². The minimum absolute atomic E-state index is 0.0246. The molecule has 0 radical (unpaired) electrons. The first-order valence-corrected chi connectivity index (χ1v) is 6.33. The Bertz CT molecular complexity index is 443. The lowest BCUT2D eigenvalue weighted by Gasteiger charge is -2.24. The van der Waals surface area contributed by atoms with Crippen LogP contribution in [0.1, 0.15) is 18.9 Å². The normalized spacial score (nSPS) is 15.3. The third-order valence-electron chi connectivity index (χ3n) is 3.13. The first kappa shape index (κ1) is 12.7. The molecule has 1 aliphatic heterocycles. The van der Waals surface area contributed by atoms with Gasteiger partial charge in [0.2, 0.25) is 0 Å². The van der Waals surface area contributed by atoms with Crippen LogP contribution in [-0.2, 0) is 11.2 Å². The summed E-state index contributed by atoms with van der Waals surface area (Å²) in [4.78, 5) is 13.3. The van der Waals surface area contributed by atoms with E-state index in [1.807, 2.05) is 12.1 Å². The lowest BCUT2D eigenvalue weighted by Crippen LogP contribution is -2.35. The van der Waals surface area contributed by atoms with E-state index in [1.54, 1.807) is 25.9 Å². The average Bonchev–Trinajstić information content (AvgIpc) is 2.38. The zero-order valence-corrected chi connectivity index (χ0v) is 11.2. The highest BCUT2D eigenvalue weighted by Crippen LogP contribution is 2.32. The van der Waals surface area contributed by atoms with Crippen LogP contribution >= 0.6 is 0 Å². The Labute approximate surface area is 108 Å². The van der Waals surface area contributed by atoms with Crippen LogP contribution in [0.3, 0.4) is 0 Å². The maximum atomic E-state index is 11.8. The Hall–Kier alpha value is -1.71. The molecule has 98 valence electrons. The molecular weight excluding hydrogens is 228 g/mol. The Kier molecular flexibility index (Phi) is 3.75. The number of nitrogens with zero attached hydrogens (tertiary/aromatic N) is 1. The van der Waals surface area contributed by atoms with E-state index >= 15 is 0 Å². The molecule has 1 amide bonds. The van der Waals surface area contributed by atoms with Crippen LogP contribution in [0.25, 0.3) is 0 Å². The number of likely N-dealkylation sites (N-methyl/N-ethyl adjacent to an activating group) is 1. The van der Waals surface area contributed by atoms with E-state index in [-0.39, 0.29) is 5.91 Å². The fraction of sp³-hybridized carbons (Fsp3) is 0.500. The molecule has 1 aromatic carbocycles. The second kappa shape index (κ2) is 5.29. The SMILES string of the molecule is CC(Oc1cccc2c1NCCC2)C(=O)N(C)C. The molecule has 0 spiro atoms. The minimum atomic E-state index is -0.463. The summed E-state index contributed by atoms with van der Waals surface area (Å²) < 4.78 is 5.78. The van der Waals surface area contributed by atoms with Crippen molar-refractivity contribution in [1.82, 2.24) is 4.90 Å². The van der Waals surface area contributed by atoms with Gasteiger partial charge in [-0.3, -0.25) is 4.79 Å². The summed E-state index contributed by atoms with van der Waals surface area (Å²) in [6.07, 6.45) is 1.74. The van der Waals surface area contributed by atoms with E-state index in [0.717, 1.165) is 30.8 Å². The third-order valence-corrected chi connectivity index (χ3v) is 3.13. The summed E-state index contributed by atoms with van der Waals surface area (Å²) in [5, 5.41) is 3.35. The van der Waals surface area contributed by atoms with Gasteiger partial charge in [-0.2, -0.15) is 0 Å². The molecule has 4 nitrogen and oxygen atoms in total. The Morgan fingerprint density at radius 1 is 1.44 bits per heavy atom. The molecule has 0 aromatic heterocycles. The molecule has 0 aliphatic carbocycles. The first-order valence-electron chi connectivity index (χ1n) is 6.33. The van der Waals surface area contributed by atoms with Crippen LogP contribution < -0.4 is 10.1 Å². The van der Waals surface area contributed by atoms with Crippen molar-refractivity contribution in [3.63, 3.8) is 0 Å². The fourth-order valence-electron chi connectivity index (χ4n) is 2.18. The van der Waals surface area contributed by atoms with E-state index in [4.69, 9.17) is 4.74 Å². The fourth-order valence-corrected chi connectivity index (χ4v) is 2.18. The number of ether oxygens (including phenoxy) is 1. The van der Waals surface area contributed by atoms with Crippen molar-refractivity contribution in [2.75, 3.05) is 26.0 Å². The van der Waals surface area contributed by atoms with Crippen molar-refractivity contribution >= 4 is 11.6 Å². The monoisotopic (exact) mass is 248 g/mol. The van der Waals surface area contributed by atoms with Gasteiger partial charge in [-0.1, -0.05) is 12.1 Å². The molecular formula is C14H20N2O2. The molecule has 4 heteroatoms. The van der Waals surface area contributed by atoms with Crippen LogP contribution in [0.15, 0.2) is 18.2 Å². The summed E-state index contributed by atoms with van der Waals surface area (Å²) >= 11 is 0. The number of anilines is 1. The number of carbonyl (C=O) groups excluding carboxylic acids is 1. The zero-order valence-electron chi connectivity index (χ0n) is 11.2. The lowest BCUT2D eigenvalue weighted by molar-refractivity contribution is -0.135. The van der Waals surface area contributed by atoms with E-state index in [0.29, 0.717) is 0 Å². The maximum Gasteiger partial charge on any atom is 0.262 e. The lowest BCUT2D eigenvalue weighted by atomic mass is 10.0. The molecule has 1 aromatic rings. The molecule has 1 unspecified atom stereocenters. The number of nitrogens with one attached hydrogen (secondary N) is 1. The second-order valence-electron chi connectivity index (χ2n) is 4.81. The molecule has 1 heterocycles.